The van der Waals surface area contributed by atoms with E-state index in [4.69, 9.17) is 0 Å². The van der Waals surface area contributed by atoms with Crippen molar-refractivity contribution in [1.82, 2.24) is 20.0 Å². The highest BCUT2D eigenvalue weighted by molar-refractivity contribution is 5.92. The topological polar surface area (TPSA) is 50.2 Å². The SMILES string of the molecule is CC1CNCCN1C(=O)c1ccnn1C. The molecule has 5 nitrogen and oxygen atoms in total. The quantitative estimate of drug-likeness (QED) is 0.698. The van der Waals surface area contributed by atoms with Gasteiger partial charge < -0.3 is 10.2 Å². The van der Waals surface area contributed by atoms with Crippen LogP contribution >= 0.6 is 0 Å². The number of aryl methyl sites for hydroxylation is 1. The molecular formula is C10H16N4O. The lowest BCUT2D eigenvalue weighted by molar-refractivity contribution is 0.0644. The molecule has 0 aliphatic carbocycles. The molecule has 0 bridgehead atoms. The molecule has 2 heterocycles. The number of piperazine rings is 1. The summed E-state index contributed by atoms with van der Waals surface area (Å²) in [5.74, 6) is 0.0731. The van der Waals surface area contributed by atoms with Gasteiger partial charge in [-0.3, -0.25) is 9.48 Å². The van der Waals surface area contributed by atoms with Crippen LogP contribution in [0.4, 0.5) is 0 Å². The maximum absolute atomic E-state index is 12.1. The molecule has 1 aromatic rings. The first kappa shape index (κ1) is 10.2. The summed E-state index contributed by atoms with van der Waals surface area (Å²) < 4.78 is 1.62. The predicted molar refractivity (Wildman–Crippen MR) is 56.6 cm³/mol. The third-order valence-electron chi connectivity index (χ3n) is 2.80. The van der Waals surface area contributed by atoms with Crippen LogP contribution in [0, 0.1) is 0 Å². The molecule has 2 rings (SSSR count). The van der Waals surface area contributed by atoms with Gasteiger partial charge in [0.2, 0.25) is 0 Å². The number of amides is 1. The number of hydrogen-bond acceptors (Lipinski definition) is 3. The molecule has 1 atom stereocenters. The molecule has 0 radical (unpaired) electrons. The summed E-state index contributed by atoms with van der Waals surface area (Å²) >= 11 is 0. The van der Waals surface area contributed by atoms with Crippen molar-refractivity contribution in [2.75, 3.05) is 19.6 Å². The second kappa shape index (κ2) is 4.02. The Kier molecular flexibility index (Phi) is 2.73. The molecular weight excluding hydrogens is 192 g/mol. The van der Waals surface area contributed by atoms with Crippen LogP contribution in [0.1, 0.15) is 17.4 Å². The van der Waals surface area contributed by atoms with E-state index >= 15 is 0 Å². The second-order valence-electron chi connectivity index (χ2n) is 3.89. The first-order chi connectivity index (χ1) is 7.20. The van der Waals surface area contributed by atoms with E-state index in [1.54, 1.807) is 24.0 Å². The Morgan fingerprint density at radius 1 is 1.67 bits per heavy atom. The molecule has 5 heteroatoms. The summed E-state index contributed by atoms with van der Waals surface area (Å²) in [6.07, 6.45) is 1.65. The minimum atomic E-state index is 0.0731. The van der Waals surface area contributed by atoms with Gasteiger partial charge in [-0.1, -0.05) is 0 Å². The molecule has 1 amide bonds. The fourth-order valence-corrected chi connectivity index (χ4v) is 1.87. The van der Waals surface area contributed by atoms with Crippen LogP contribution in [0.15, 0.2) is 12.3 Å². The largest absolute Gasteiger partial charge is 0.332 e. The number of aromatic nitrogens is 2. The summed E-state index contributed by atoms with van der Waals surface area (Å²) in [6, 6.07) is 2.01. The number of nitrogens with one attached hydrogen (secondary N) is 1. The summed E-state index contributed by atoms with van der Waals surface area (Å²) in [5, 5.41) is 7.27. The molecule has 15 heavy (non-hydrogen) atoms. The fraction of sp³-hybridized carbons (Fsp3) is 0.600. The van der Waals surface area contributed by atoms with Crippen molar-refractivity contribution in [3.05, 3.63) is 18.0 Å². The van der Waals surface area contributed by atoms with E-state index in [1.807, 2.05) is 4.90 Å². The Bertz CT molecular complexity index is 360. The van der Waals surface area contributed by atoms with Crippen LogP contribution in [0.25, 0.3) is 0 Å². The Balaban J connectivity index is 2.17. The van der Waals surface area contributed by atoms with Gasteiger partial charge in [0.1, 0.15) is 5.69 Å². The first-order valence-corrected chi connectivity index (χ1v) is 5.20. The van der Waals surface area contributed by atoms with Crippen LogP contribution in [0.2, 0.25) is 0 Å². The zero-order chi connectivity index (χ0) is 10.8. The molecule has 1 aromatic heterocycles. The van der Waals surface area contributed by atoms with Crippen LogP contribution in [-0.4, -0.2) is 46.3 Å². The van der Waals surface area contributed by atoms with E-state index < -0.39 is 0 Å². The number of carbonyl (C=O) groups is 1. The lowest BCUT2D eigenvalue weighted by Gasteiger charge is -2.33. The standard InChI is InChI=1S/C10H16N4O/c1-8-7-11-5-6-14(8)10(15)9-3-4-12-13(9)2/h3-4,8,11H,5-7H2,1-2H3. The number of hydrogen-bond donors (Lipinski definition) is 1. The highest BCUT2D eigenvalue weighted by Gasteiger charge is 2.25. The third kappa shape index (κ3) is 1.87. The molecule has 82 valence electrons. The monoisotopic (exact) mass is 208 g/mol. The number of nitrogens with zero attached hydrogens (tertiary/aromatic N) is 3. The number of carbonyl (C=O) groups excluding carboxylic acids is 1. The van der Waals surface area contributed by atoms with Gasteiger partial charge in [0.15, 0.2) is 0 Å². The Labute approximate surface area is 89.1 Å². The molecule has 1 fully saturated rings. The van der Waals surface area contributed by atoms with Crippen LogP contribution < -0.4 is 5.32 Å². The minimum absolute atomic E-state index is 0.0731. The molecule has 0 spiro atoms. The average molecular weight is 208 g/mol. The maximum atomic E-state index is 12.1. The molecule has 1 saturated heterocycles. The maximum Gasteiger partial charge on any atom is 0.272 e. The predicted octanol–water partition coefficient (Wildman–Crippen LogP) is -0.146. The first-order valence-electron chi connectivity index (χ1n) is 5.20. The zero-order valence-electron chi connectivity index (χ0n) is 9.10. The molecule has 0 aromatic carbocycles. The van der Waals surface area contributed by atoms with Crippen molar-refractivity contribution < 1.29 is 4.79 Å². The molecule has 1 aliphatic rings. The lowest BCUT2D eigenvalue weighted by atomic mass is 10.2. The zero-order valence-corrected chi connectivity index (χ0v) is 9.10. The van der Waals surface area contributed by atoms with Gasteiger partial charge in [0.25, 0.3) is 5.91 Å². The van der Waals surface area contributed by atoms with Crippen molar-refractivity contribution in [2.24, 2.45) is 7.05 Å². The van der Waals surface area contributed by atoms with Crippen LogP contribution in [0.3, 0.4) is 0 Å². The van der Waals surface area contributed by atoms with Gasteiger partial charge in [0, 0.05) is 38.9 Å². The third-order valence-corrected chi connectivity index (χ3v) is 2.80. The fourth-order valence-electron chi connectivity index (χ4n) is 1.87. The Hall–Kier alpha value is -1.36. The molecule has 1 unspecified atom stereocenters. The Morgan fingerprint density at radius 3 is 3.07 bits per heavy atom. The van der Waals surface area contributed by atoms with Crippen molar-refractivity contribution in [1.29, 1.82) is 0 Å². The van der Waals surface area contributed by atoms with E-state index in [0.717, 1.165) is 19.6 Å². The van der Waals surface area contributed by atoms with Gasteiger partial charge in [-0.05, 0) is 13.0 Å². The van der Waals surface area contributed by atoms with E-state index in [1.165, 1.54) is 0 Å². The van der Waals surface area contributed by atoms with Gasteiger partial charge in [0.05, 0.1) is 0 Å². The van der Waals surface area contributed by atoms with E-state index in [2.05, 4.69) is 17.3 Å². The van der Waals surface area contributed by atoms with Crippen molar-refractivity contribution in [3.63, 3.8) is 0 Å². The highest BCUT2D eigenvalue weighted by Crippen LogP contribution is 2.09. The van der Waals surface area contributed by atoms with Crippen LogP contribution in [-0.2, 0) is 7.05 Å². The lowest BCUT2D eigenvalue weighted by Crippen LogP contribution is -2.52. The molecule has 1 aliphatic heterocycles. The van der Waals surface area contributed by atoms with Gasteiger partial charge in [-0.25, -0.2) is 0 Å². The van der Waals surface area contributed by atoms with E-state index in [-0.39, 0.29) is 11.9 Å². The van der Waals surface area contributed by atoms with Crippen molar-refractivity contribution in [2.45, 2.75) is 13.0 Å². The van der Waals surface area contributed by atoms with Gasteiger partial charge in [-0.2, -0.15) is 5.10 Å². The normalized spacial score (nSPS) is 21.7. The Morgan fingerprint density at radius 2 is 2.47 bits per heavy atom. The molecule has 1 N–H and O–H groups in total. The van der Waals surface area contributed by atoms with E-state index in [0.29, 0.717) is 5.69 Å². The summed E-state index contributed by atoms with van der Waals surface area (Å²) in [4.78, 5) is 14.0. The smallest absolute Gasteiger partial charge is 0.272 e. The van der Waals surface area contributed by atoms with E-state index in [9.17, 15) is 4.79 Å². The number of rotatable bonds is 1. The van der Waals surface area contributed by atoms with Crippen molar-refractivity contribution in [3.8, 4) is 0 Å². The second-order valence-corrected chi connectivity index (χ2v) is 3.89. The molecule has 0 saturated carbocycles. The minimum Gasteiger partial charge on any atom is -0.332 e. The summed E-state index contributed by atoms with van der Waals surface area (Å²) in [5.41, 5.74) is 0.656. The summed E-state index contributed by atoms with van der Waals surface area (Å²) in [6.45, 7) is 4.56. The van der Waals surface area contributed by atoms with Crippen LogP contribution in [0.5, 0.6) is 0 Å². The average Bonchev–Trinajstić information content (AvgIpc) is 2.64. The van der Waals surface area contributed by atoms with Gasteiger partial charge >= 0.3 is 0 Å². The van der Waals surface area contributed by atoms with Crippen molar-refractivity contribution >= 4 is 5.91 Å². The van der Waals surface area contributed by atoms with Gasteiger partial charge in [-0.15, -0.1) is 0 Å². The highest BCUT2D eigenvalue weighted by atomic mass is 16.2. The summed E-state index contributed by atoms with van der Waals surface area (Å²) in [7, 11) is 1.79.